The number of rotatable bonds is 8. The van der Waals surface area contributed by atoms with E-state index >= 15 is 0 Å². The van der Waals surface area contributed by atoms with Crippen molar-refractivity contribution in [3.63, 3.8) is 0 Å². The van der Waals surface area contributed by atoms with Crippen molar-refractivity contribution in [2.45, 2.75) is 26.4 Å². The van der Waals surface area contributed by atoms with Gasteiger partial charge in [-0.25, -0.2) is 8.78 Å². The second kappa shape index (κ2) is 13.1. The van der Waals surface area contributed by atoms with E-state index in [-0.39, 0.29) is 64.6 Å². The third-order valence-corrected chi connectivity index (χ3v) is 6.63. The Hall–Kier alpha value is -3.69. The molecule has 0 unspecified atom stereocenters. The van der Waals surface area contributed by atoms with Crippen LogP contribution in [0.4, 0.5) is 14.5 Å². The third kappa shape index (κ3) is 7.02. The molecule has 0 fully saturated rings. The number of hydrogen-bond donors (Lipinski definition) is 2. The minimum Gasteiger partial charge on any atom is -0.543 e. The summed E-state index contributed by atoms with van der Waals surface area (Å²) in [5.41, 5.74) is 2.38. The van der Waals surface area contributed by atoms with Gasteiger partial charge in [-0.3, -0.25) is 4.79 Å². The van der Waals surface area contributed by atoms with Crippen molar-refractivity contribution in [2.75, 3.05) is 5.32 Å². The number of benzene rings is 4. The Morgan fingerprint density at radius 2 is 1.62 bits per heavy atom. The Kier molecular flexibility index (Phi) is 9.74. The molecule has 2 N–H and O–H groups in total. The summed E-state index contributed by atoms with van der Waals surface area (Å²) in [7, 11) is 0. The number of carboxylic acid groups (broad SMARTS) is 1. The van der Waals surface area contributed by atoms with Crippen LogP contribution in [0.25, 0.3) is 22.0 Å². The van der Waals surface area contributed by atoms with Gasteiger partial charge in [0.2, 0.25) is 0 Å². The zero-order valence-corrected chi connectivity index (χ0v) is 25.8. The van der Waals surface area contributed by atoms with Gasteiger partial charge in [0, 0.05) is 27.6 Å². The standard InChI is InChI=1S/C32H25ClF2N2O4.Na/c1-17(2)41-26-8-6-19(7-9-26)31(38)37-29-28-22(10-18-4-3-5-23(33)11-18)12-20(15-27(28)36-30(29)32(39)40)21-13-24(34)16-25(35)14-21;/h3-9,11-17,36H,10H2,1-2H3,(H,37,38)(H,39,40);/q;+1/p-1. The molecular formula is C32H24ClF2N2NaO4. The summed E-state index contributed by atoms with van der Waals surface area (Å²) in [6, 6.07) is 20.0. The molecule has 4 aromatic carbocycles. The van der Waals surface area contributed by atoms with Gasteiger partial charge in [-0.05, 0) is 103 Å². The van der Waals surface area contributed by atoms with E-state index in [0.717, 1.165) is 11.6 Å². The van der Waals surface area contributed by atoms with Crippen molar-refractivity contribution in [3.8, 4) is 16.9 Å². The molecule has 42 heavy (non-hydrogen) atoms. The van der Waals surface area contributed by atoms with Crippen molar-refractivity contribution < 1.29 is 57.8 Å². The van der Waals surface area contributed by atoms with Gasteiger partial charge in [-0.15, -0.1) is 0 Å². The summed E-state index contributed by atoms with van der Waals surface area (Å²) in [5, 5.41) is 15.8. The van der Waals surface area contributed by atoms with E-state index in [2.05, 4.69) is 10.3 Å². The first-order chi connectivity index (χ1) is 19.6. The number of carbonyl (C=O) groups is 2. The number of carbonyl (C=O) groups excluding carboxylic acids is 2. The second-order valence-electron chi connectivity index (χ2n) is 9.83. The number of anilines is 1. The summed E-state index contributed by atoms with van der Waals surface area (Å²) in [6.45, 7) is 3.77. The number of aromatic carboxylic acids is 1. The van der Waals surface area contributed by atoms with Crippen molar-refractivity contribution in [1.82, 2.24) is 4.98 Å². The number of aromatic nitrogens is 1. The summed E-state index contributed by atoms with van der Waals surface area (Å²) in [6.07, 6.45) is 0.232. The number of ether oxygens (including phenoxy) is 1. The molecule has 5 rings (SSSR count). The maximum Gasteiger partial charge on any atom is 1.00 e. The number of H-pyrrole nitrogens is 1. The maximum absolute atomic E-state index is 14.1. The molecule has 0 aliphatic carbocycles. The minimum absolute atomic E-state index is 0. The number of hydrogen-bond acceptors (Lipinski definition) is 4. The number of fused-ring (bicyclic) bond motifs is 1. The van der Waals surface area contributed by atoms with Gasteiger partial charge in [0.25, 0.3) is 5.91 Å². The van der Waals surface area contributed by atoms with E-state index in [1.165, 1.54) is 12.1 Å². The van der Waals surface area contributed by atoms with E-state index < -0.39 is 23.5 Å². The molecule has 6 nitrogen and oxygen atoms in total. The van der Waals surface area contributed by atoms with E-state index in [1.807, 2.05) is 19.9 Å². The largest absolute Gasteiger partial charge is 1.00 e. The Bertz CT molecular complexity index is 1770. The van der Waals surface area contributed by atoms with Crippen LogP contribution in [0.3, 0.4) is 0 Å². The first-order valence-electron chi connectivity index (χ1n) is 12.8. The predicted molar refractivity (Wildman–Crippen MR) is 152 cm³/mol. The molecular weight excluding hydrogens is 573 g/mol. The number of amides is 1. The van der Waals surface area contributed by atoms with E-state index in [0.29, 0.717) is 32.8 Å². The molecule has 208 valence electrons. The molecule has 0 aliphatic rings. The van der Waals surface area contributed by atoms with Crippen molar-refractivity contribution in [2.24, 2.45) is 0 Å². The van der Waals surface area contributed by atoms with Crippen LogP contribution in [-0.2, 0) is 6.42 Å². The molecule has 10 heteroatoms. The molecule has 0 bridgehead atoms. The predicted octanol–water partition coefficient (Wildman–Crippen LogP) is 3.76. The van der Waals surface area contributed by atoms with E-state index in [1.54, 1.807) is 54.6 Å². The molecule has 0 spiro atoms. The topological polar surface area (TPSA) is 94.2 Å². The van der Waals surface area contributed by atoms with Crippen molar-refractivity contribution in [3.05, 3.63) is 118 Å². The summed E-state index contributed by atoms with van der Waals surface area (Å²) < 4.78 is 33.8. The first kappa shape index (κ1) is 31.3. The SMILES string of the molecule is CC(C)Oc1ccc(C(=O)Nc2c(C(=O)[O-])[nH]c3cc(-c4cc(F)cc(F)c4)cc(Cc4cccc(Cl)c4)c23)cc1.[Na+]. The zero-order valence-electron chi connectivity index (χ0n) is 23.1. The first-order valence-corrected chi connectivity index (χ1v) is 13.1. The molecule has 0 atom stereocenters. The summed E-state index contributed by atoms with van der Waals surface area (Å²) in [4.78, 5) is 28.3. The molecule has 0 aliphatic heterocycles. The Labute approximate surface area is 268 Å². The normalized spacial score (nSPS) is 10.9. The molecule has 5 aromatic rings. The number of aromatic amines is 1. The van der Waals surface area contributed by atoms with Crippen LogP contribution >= 0.6 is 11.6 Å². The van der Waals surface area contributed by atoms with Crippen LogP contribution in [0.5, 0.6) is 5.75 Å². The van der Waals surface area contributed by atoms with Crippen molar-refractivity contribution >= 4 is 40.1 Å². The molecule has 1 amide bonds. The van der Waals surface area contributed by atoms with Gasteiger partial charge in [0.1, 0.15) is 17.4 Å². The monoisotopic (exact) mass is 596 g/mol. The summed E-state index contributed by atoms with van der Waals surface area (Å²) in [5.74, 6) is -3.00. The van der Waals surface area contributed by atoms with Crippen molar-refractivity contribution in [1.29, 1.82) is 0 Å². The summed E-state index contributed by atoms with van der Waals surface area (Å²) >= 11 is 6.20. The fourth-order valence-corrected chi connectivity index (χ4v) is 4.95. The molecule has 0 saturated carbocycles. The van der Waals surface area contributed by atoms with Crippen LogP contribution in [0, 0.1) is 11.6 Å². The van der Waals surface area contributed by atoms with Gasteiger partial charge in [0.15, 0.2) is 0 Å². The van der Waals surface area contributed by atoms with Gasteiger partial charge < -0.3 is 24.9 Å². The van der Waals surface area contributed by atoms with Gasteiger partial charge >= 0.3 is 29.6 Å². The van der Waals surface area contributed by atoms with Crippen LogP contribution in [-0.4, -0.2) is 23.0 Å². The molecule has 1 heterocycles. The molecule has 0 saturated heterocycles. The van der Waals surface area contributed by atoms with Crippen LogP contribution in [0.15, 0.2) is 78.9 Å². The fraction of sp³-hybridized carbons (Fsp3) is 0.125. The van der Waals surface area contributed by atoms with Gasteiger partial charge in [0.05, 0.1) is 23.5 Å². The Balaban J connectivity index is 0.00000405. The van der Waals surface area contributed by atoms with Crippen LogP contribution in [0.1, 0.15) is 45.8 Å². The zero-order chi connectivity index (χ0) is 29.3. The number of halogens is 3. The number of carboxylic acids is 1. The molecule has 0 radical (unpaired) electrons. The second-order valence-corrected chi connectivity index (χ2v) is 10.3. The minimum atomic E-state index is -1.54. The Morgan fingerprint density at radius 1 is 0.952 bits per heavy atom. The maximum atomic E-state index is 14.1. The average molecular weight is 597 g/mol. The number of nitrogens with one attached hydrogen (secondary N) is 2. The molecule has 1 aromatic heterocycles. The average Bonchev–Trinajstić information content (AvgIpc) is 3.27. The smallest absolute Gasteiger partial charge is 0.543 e. The fourth-order valence-electron chi connectivity index (χ4n) is 4.73. The van der Waals surface area contributed by atoms with Crippen LogP contribution < -0.4 is 44.7 Å². The van der Waals surface area contributed by atoms with E-state index in [4.69, 9.17) is 16.3 Å². The van der Waals surface area contributed by atoms with Gasteiger partial charge in [-0.2, -0.15) is 0 Å². The Morgan fingerprint density at radius 3 is 2.24 bits per heavy atom. The quantitative estimate of drug-likeness (QED) is 0.267. The van der Waals surface area contributed by atoms with Crippen LogP contribution in [0.2, 0.25) is 5.02 Å². The third-order valence-electron chi connectivity index (χ3n) is 6.39. The van der Waals surface area contributed by atoms with E-state index in [9.17, 15) is 23.5 Å². The van der Waals surface area contributed by atoms with Gasteiger partial charge in [-0.1, -0.05) is 23.7 Å².